The SMILES string of the molecule is CN(c1ccc(Cl)cc1)S(=O)(=O)c1cc(C(=O)Oc2ccc(C(C)(C)C)cc2)ccc1Cl. The van der Waals surface area contributed by atoms with Gasteiger partial charge in [-0.2, -0.15) is 0 Å². The Morgan fingerprint density at radius 2 is 1.50 bits per heavy atom. The van der Waals surface area contributed by atoms with E-state index >= 15 is 0 Å². The third-order valence-corrected chi connectivity index (χ3v) is 7.45. The molecule has 3 rings (SSSR count). The first-order valence-corrected chi connectivity index (χ1v) is 12.0. The Kier molecular flexibility index (Phi) is 6.89. The Morgan fingerprint density at radius 1 is 0.906 bits per heavy atom. The summed E-state index contributed by atoms with van der Waals surface area (Å²) in [4.78, 5) is 12.5. The average Bonchev–Trinajstić information content (AvgIpc) is 2.73. The molecule has 0 aromatic heterocycles. The second-order valence-electron chi connectivity index (χ2n) is 8.26. The molecule has 0 saturated carbocycles. The molecule has 0 aliphatic rings. The molecule has 0 radical (unpaired) electrons. The number of nitrogens with zero attached hydrogens (tertiary/aromatic N) is 1. The van der Waals surface area contributed by atoms with Crippen LogP contribution in [0.5, 0.6) is 5.75 Å². The molecule has 5 nitrogen and oxygen atoms in total. The number of sulfonamides is 1. The fourth-order valence-corrected chi connectivity index (χ4v) is 4.77. The van der Waals surface area contributed by atoms with Crippen LogP contribution in [0.25, 0.3) is 0 Å². The van der Waals surface area contributed by atoms with Gasteiger partial charge >= 0.3 is 5.97 Å². The second kappa shape index (κ2) is 9.14. The highest BCUT2D eigenvalue weighted by Gasteiger charge is 2.26. The Balaban J connectivity index is 1.87. The van der Waals surface area contributed by atoms with Gasteiger partial charge in [-0.25, -0.2) is 13.2 Å². The summed E-state index contributed by atoms with van der Waals surface area (Å²) in [5.74, 6) is -0.323. The number of hydrogen-bond donors (Lipinski definition) is 0. The summed E-state index contributed by atoms with van der Waals surface area (Å²) in [7, 11) is -2.64. The van der Waals surface area contributed by atoms with Crippen LogP contribution in [0, 0.1) is 0 Å². The van der Waals surface area contributed by atoms with Gasteiger partial charge in [0.05, 0.1) is 16.3 Å². The quantitative estimate of drug-likeness (QED) is 0.308. The summed E-state index contributed by atoms with van der Waals surface area (Å²) in [5.41, 5.74) is 1.54. The topological polar surface area (TPSA) is 63.7 Å². The van der Waals surface area contributed by atoms with Crippen LogP contribution in [-0.2, 0) is 15.4 Å². The summed E-state index contributed by atoms with van der Waals surface area (Å²) in [6.45, 7) is 6.26. The van der Waals surface area contributed by atoms with E-state index in [-0.39, 0.29) is 20.9 Å². The van der Waals surface area contributed by atoms with Crippen LogP contribution < -0.4 is 9.04 Å². The largest absolute Gasteiger partial charge is 0.423 e. The van der Waals surface area contributed by atoms with Crippen molar-refractivity contribution in [3.05, 3.63) is 87.9 Å². The zero-order valence-electron chi connectivity index (χ0n) is 18.1. The zero-order chi connectivity index (χ0) is 23.7. The lowest BCUT2D eigenvalue weighted by Gasteiger charge is -2.20. The van der Waals surface area contributed by atoms with Gasteiger partial charge in [0.1, 0.15) is 10.6 Å². The number of rotatable bonds is 5. The van der Waals surface area contributed by atoms with Crippen molar-refractivity contribution in [2.75, 3.05) is 11.4 Å². The molecular formula is C24H23Cl2NO4S. The van der Waals surface area contributed by atoms with Crippen molar-refractivity contribution in [1.82, 2.24) is 0 Å². The summed E-state index contributed by atoms with van der Waals surface area (Å²) in [6, 6.07) is 17.5. The van der Waals surface area contributed by atoms with Crippen molar-refractivity contribution in [1.29, 1.82) is 0 Å². The van der Waals surface area contributed by atoms with Crippen LogP contribution in [0.4, 0.5) is 5.69 Å². The Bertz CT molecular complexity index is 1230. The molecule has 0 heterocycles. The minimum absolute atomic E-state index is 0.00288. The highest BCUT2D eigenvalue weighted by molar-refractivity contribution is 7.93. The summed E-state index contributed by atoms with van der Waals surface area (Å²) < 4.78 is 32.8. The van der Waals surface area contributed by atoms with Gasteiger partial charge in [-0.1, -0.05) is 56.1 Å². The van der Waals surface area contributed by atoms with E-state index in [1.54, 1.807) is 36.4 Å². The number of hydrogen-bond acceptors (Lipinski definition) is 4. The maximum Gasteiger partial charge on any atom is 0.343 e. The molecule has 0 bridgehead atoms. The van der Waals surface area contributed by atoms with Gasteiger partial charge in [0.25, 0.3) is 10.0 Å². The smallest absolute Gasteiger partial charge is 0.343 e. The van der Waals surface area contributed by atoms with Crippen molar-refractivity contribution in [2.45, 2.75) is 31.1 Å². The minimum Gasteiger partial charge on any atom is -0.423 e. The normalized spacial score (nSPS) is 11.8. The van der Waals surface area contributed by atoms with Gasteiger partial charge in [0, 0.05) is 12.1 Å². The number of carbonyl (C=O) groups excluding carboxylic acids is 1. The highest BCUT2D eigenvalue weighted by Crippen LogP contribution is 2.30. The molecule has 0 amide bonds. The lowest BCUT2D eigenvalue weighted by Crippen LogP contribution is -2.27. The zero-order valence-corrected chi connectivity index (χ0v) is 20.4. The molecule has 0 fully saturated rings. The number of esters is 1. The molecule has 0 spiro atoms. The molecule has 0 atom stereocenters. The fourth-order valence-electron chi connectivity index (χ4n) is 2.95. The van der Waals surface area contributed by atoms with E-state index in [0.717, 1.165) is 9.87 Å². The van der Waals surface area contributed by atoms with Crippen LogP contribution in [0.3, 0.4) is 0 Å². The summed E-state index contributed by atoms with van der Waals surface area (Å²) in [6.07, 6.45) is 0. The molecule has 0 unspecified atom stereocenters. The van der Waals surface area contributed by atoms with Gasteiger partial charge in [0.15, 0.2) is 0 Å². The predicted octanol–water partition coefficient (Wildman–Crippen LogP) is 6.34. The first-order valence-electron chi connectivity index (χ1n) is 9.76. The standard InChI is InChI=1S/C24H23Cl2NO4S/c1-24(2,3)17-6-12-20(13-7-17)31-23(28)16-5-14-21(26)22(15-16)32(29,30)27(4)19-10-8-18(25)9-11-19/h5-15H,1-4H3. The van der Waals surface area contributed by atoms with Crippen molar-refractivity contribution < 1.29 is 17.9 Å². The van der Waals surface area contributed by atoms with Crippen LogP contribution >= 0.6 is 23.2 Å². The summed E-state index contributed by atoms with van der Waals surface area (Å²) in [5, 5.41) is 0.481. The minimum atomic E-state index is -4.04. The van der Waals surface area contributed by atoms with Crippen molar-refractivity contribution in [3.8, 4) is 5.75 Å². The predicted molar refractivity (Wildman–Crippen MR) is 129 cm³/mol. The Morgan fingerprint density at radius 3 is 2.06 bits per heavy atom. The molecule has 0 N–H and O–H groups in total. The first-order chi connectivity index (χ1) is 14.9. The van der Waals surface area contributed by atoms with E-state index in [4.69, 9.17) is 27.9 Å². The Hall–Kier alpha value is -2.54. The maximum atomic E-state index is 13.2. The van der Waals surface area contributed by atoms with Gasteiger partial charge in [-0.05, 0) is 65.6 Å². The molecule has 3 aromatic carbocycles. The highest BCUT2D eigenvalue weighted by atomic mass is 35.5. The Labute approximate surface area is 198 Å². The molecule has 0 aliphatic carbocycles. The maximum absolute atomic E-state index is 13.2. The molecule has 8 heteroatoms. The van der Waals surface area contributed by atoms with Gasteiger partial charge < -0.3 is 4.74 Å². The third kappa shape index (κ3) is 5.26. The third-order valence-electron chi connectivity index (χ3n) is 4.93. The van der Waals surface area contributed by atoms with E-state index in [1.165, 1.54) is 25.2 Å². The van der Waals surface area contributed by atoms with E-state index in [9.17, 15) is 13.2 Å². The molecule has 3 aromatic rings. The van der Waals surface area contributed by atoms with Crippen LogP contribution in [0.15, 0.2) is 71.6 Å². The molecule has 168 valence electrons. The number of halogens is 2. The second-order valence-corrected chi connectivity index (χ2v) is 11.0. The molecular weight excluding hydrogens is 469 g/mol. The van der Waals surface area contributed by atoms with Crippen molar-refractivity contribution >= 4 is 44.9 Å². The monoisotopic (exact) mass is 491 g/mol. The number of benzene rings is 3. The lowest BCUT2D eigenvalue weighted by atomic mass is 9.87. The van der Waals surface area contributed by atoms with Gasteiger partial charge in [0.2, 0.25) is 0 Å². The van der Waals surface area contributed by atoms with Crippen LogP contribution in [-0.4, -0.2) is 21.4 Å². The number of ether oxygens (including phenoxy) is 1. The fraction of sp³-hybridized carbons (Fsp3) is 0.208. The van der Waals surface area contributed by atoms with E-state index in [1.807, 2.05) is 12.1 Å². The molecule has 32 heavy (non-hydrogen) atoms. The van der Waals surface area contributed by atoms with Crippen LogP contribution in [0.2, 0.25) is 10.0 Å². The molecule has 0 saturated heterocycles. The van der Waals surface area contributed by atoms with Crippen LogP contribution in [0.1, 0.15) is 36.7 Å². The van der Waals surface area contributed by atoms with E-state index in [0.29, 0.717) is 16.5 Å². The first kappa shape index (κ1) is 24.1. The summed E-state index contributed by atoms with van der Waals surface area (Å²) >= 11 is 12.1. The number of anilines is 1. The van der Waals surface area contributed by atoms with E-state index in [2.05, 4.69) is 20.8 Å². The van der Waals surface area contributed by atoms with E-state index < -0.39 is 16.0 Å². The molecule has 0 aliphatic heterocycles. The average molecular weight is 492 g/mol. The van der Waals surface area contributed by atoms with Gasteiger partial charge in [-0.15, -0.1) is 0 Å². The van der Waals surface area contributed by atoms with Crippen molar-refractivity contribution in [3.63, 3.8) is 0 Å². The van der Waals surface area contributed by atoms with Gasteiger partial charge in [-0.3, -0.25) is 4.31 Å². The van der Waals surface area contributed by atoms with Crippen molar-refractivity contribution in [2.24, 2.45) is 0 Å². The number of carbonyl (C=O) groups is 1. The lowest BCUT2D eigenvalue weighted by molar-refractivity contribution is 0.0734.